The number of carbonyl (C=O) groups is 1. The van der Waals surface area contributed by atoms with Crippen LogP contribution >= 0.6 is 11.8 Å². The summed E-state index contributed by atoms with van der Waals surface area (Å²) in [5.41, 5.74) is -1.52. The van der Waals surface area contributed by atoms with Gasteiger partial charge in [0.1, 0.15) is 24.4 Å². The number of hydrogen-bond donors (Lipinski definition) is 5. The van der Waals surface area contributed by atoms with Crippen molar-refractivity contribution in [3.05, 3.63) is 24.3 Å². The summed E-state index contributed by atoms with van der Waals surface area (Å²) in [5, 5.41) is 54.3. The quantitative estimate of drug-likeness (QED) is 0.144. The molecule has 0 aromatic carbocycles. The van der Waals surface area contributed by atoms with Gasteiger partial charge in [0.05, 0.1) is 48.5 Å². The minimum Gasteiger partial charge on any atom is -0.479 e. The van der Waals surface area contributed by atoms with Gasteiger partial charge in [-0.3, -0.25) is 0 Å². The van der Waals surface area contributed by atoms with Gasteiger partial charge >= 0.3 is 5.97 Å². The second kappa shape index (κ2) is 16.2. The number of rotatable bonds is 10. The van der Waals surface area contributed by atoms with Crippen molar-refractivity contribution in [2.45, 2.75) is 219 Å². The molecule has 19 atom stereocenters. The van der Waals surface area contributed by atoms with Gasteiger partial charge < -0.3 is 58.7 Å². The first-order chi connectivity index (χ1) is 27.4. The topological polar surface area (TPSA) is 183 Å². The van der Waals surface area contributed by atoms with E-state index in [0.717, 1.165) is 51.6 Å². The minimum absolute atomic E-state index is 0.0406. The Morgan fingerprint density at radius 2 is 1.76 bits per heavy atom. The first kappa shape index (κ1) is 43.5. The third-order valence-corrected chi connectivity index (χ3v) is 16.7. The van der Waals surface area contributed by atoms with Crippen molar-refractivity contribution in [3.63, 3.8) is 0 Å². The first-order valence-electron chi connectivity index (χ1n) is 22.1. The molecule has 13 nitrogen and oxygen atoms in total. The maximum absolute atomic E-state index is 11.7. The maximum Gasteiger partial charge on any atom is 0.335 e. The molecule has 328 valence electrons. The van der Waals surface area contributed by atoms with E-state index in [0.29, 0.717) is 50.0 Å². The third kappa shape index (κ3) is 8.25. The number of carboxylic acids is 1. The van der Waals surface area contributed by atoms with E-state index in [2.05, 4.69) is 46.4 Å². The number of hydrogen-bond acceptors (Lipinski definition) is 13. The normalized spacial score (nSPS) is 49.3. The Hall–Kier alpha value is -1.14. The molecule has 58 heavy (non-hydrogen) atoms. The number of thioether (sulfide) groups is 1. The zero-order valence-electron chi connectivity index (χ0n) is 35.0. The van der Waals surface area contributed by atoms with Crippen LogP contribution in [0.4, 0.5) is 0 Å². The lowest BCUT2D eigenvalue weighted by Crippen LogP contribution is -2.63. The van der Waals surface area contributed by atoms with Gasteiger partial charge in [-0.15, -0.1) is 11.8 Å². The summed E-state index contributed by atoms with van der Waals surface area (Å²) in [5.74, 6) is -3.61. The van der Waals surface area contributed by atoms with Crippen molar-refractivity contribution in [1.82, 2.24) is 0 Å². The van der Waals surface area contributed by atoms with Crippen LogP contribution in [-0.2, 0) is 38.0 Å². The molecule has 8 fully saturated rings. The number of fused-ring (bicyclic) bond motifs is 3. The van der Waals surface area contributed by atoms with Gasteiger partial charge in [-0.1, -0.05) is 39.5 Å². The Morgan fingerprint density at radius 1 is 1.00 bits per heavy atom. The molecular weight excluding hydrogens is 769 g/mol. The fourth-order valence-corrected chi connectivity index (χ4v) is 12.7. The van der Waals surface area contributed by atoms with Crippen LogP contribution in [0, 0.1) is 17.8 Å². The standard InChI is InChI=1S/C44H68O13S/c1-24(32-23-41(6)38(58-41)44(55-32)33(46)12-11-29(54-44)22-40(5,50)39(48)49)9-10-28-14-18-43(53-28)19-15-31-37(57-43)34(47)27(4)36(52-31)30(45)21-26(3)35-25(2)13-17-42(56-35)16-7-8-20-51-42/h9-10,24-26,28-38,45-47,50H,4,7-8,11-23H2,1-3,5-6H3,(H,48,49)/b10-9+/t24-,25-,26+,28+,29+,30-,31-,32+,33-,34-,35+,36-,37-,38+,40-,41-,42+,43-,44-/m1/s1. The average molecular weight is 837 g/mol. The summed E-state index contributed by atoms with van der Waals surface area (Å²) in [7, 11) is 0. The fraction of sp³-hybridized carbons (Fsp3) is 0.886. The molecule has 0 amide bonds. The van der Waals surface area contributed by atoms with Gasteiger partial charge in [-0.05, 0) is 89.0 Å². The lowest BCUT2D eigenvalue weighted by atomic mass is 9.79. The summed E-state index contributed by atoms with van der Waals surface area (Å²) in [4.78, 5) is 11.7. The van der Waals surface area contributed by atoms with Gasteiger partial charge in [0.15, 0.2) is 17.2 Å². The van der Waals surface area contributed by atoms with Crippen molar-refractivity contribution in [2.75, 3.05) is 6.61 Å². The van der Waals surface area contributed by atoms with E-state index in [9.17, 15) is 30.3 Å². The predicted molar refractivity (Wildman–Crippen MR) is 214 cm³/mol. The van der Waals surface area contributed by atoms with Crippen LogP contribution in [0.15, 0.2) is 24.3 Å². The number of ether oxygens (including phenoxy) is 7. The Bertz CT molecular complexity index is 1550. The average Bonchev–Trinajstić information content (AvgIpc) is 3.74. The van der Waals surface area contributed by atoms with Crippen LogP contribution in [0.5, 0.6) is 0 Å². The minimum atomic E-state index is -1.95. The second-order valence-electron chi connectivity index (χ2n) is 19.7. The van der Waals surface area contributed by atoms with Gasteiger partial charge in [0, 0.05) is 42.8 Å². The highest BCUT2D eigenvalue weighted by atomic mass is 32.2. The van der Waals surface area contributed by atoms with Crippen LogP contribution < -0.4 is 0 Å². The van der Waals surface area contributed by atoms with Crippen LogP contribution in [0.3, 0.4) is 0 Å². The molecule has 8 aliphatic rings. The Kier molecular flexibility index (Phi) is 12.2. The second-order valence-corrected chi connectivity index (χ2v) is 21.3. The molecular formula is C44H68O13S. The number of carboxylic acid groups (broad SMARTS) is 1. The van der Waals surface area contributed by atoms with Crippen LogP contribution in [0.1, 0.15) is 125 Å². The zero-order valence-corrected chi connectivity index (χ0v) is 35.8. The Balaban J connectivity index is 0.852. The molecule has 5 N–H and O–H groups in total. The summed E-state index contributed by atoms with van der Waals surface area (Å²) >= 11 is 1.72. The van der Waals surface area contributed by atoms with E-state index in [-0.39, 0.29) is 46.6 Å². The third-order valence-electron chi connectivity index (χ3n) is 14.9. The van der Waals surface area contributed by atoms with Gasteiger partial charge in [0.2, 0.25) is 5.79 Å². The number of aliphatic hydroxyl groups is 4. The smallest absolute Gasteiger partial charge is 0.335 e. The number of aliphatic carboxylic acids is 1. The van der Waals surface area contributed by atoms with Crippen LogP contribution in [-0.4, -0.2) is 132 Å². The molecule has 0 radical (unpaired) electrons. The highest BCUT2D eigenvalue weighted by molar-refractivity contribution is 8.08. The van der Waals surface area contributed by atoms with E-state index in [1.54, 1.807) is 11.8 Å². The molecule has 0 unspecified atom stereocenters. The Labute approximate surface area is 347 Å². The van der Waals surface area contributed by atoms with E-state index >= 15 is 0 Å². The van der Waals surface area contributed by atoms with Crippen molar-refractivity contribution in [3.8, 4) is 0 Å². The van der Waals surface area contributed by atoms with E-state index in [1.807, 2.05) is 0 Å². The summed E-state index contributed by atoms with van der Waals surface area (Å²) in [6.07, 6.45) is 8.13. The van der Waals surface area contributed by atoms with E-state index in [4.69, 9.17) is 33.2 Å². The largest absolute Gasteiger partial charge is 0.479 e. The fourth-order valence-electron chi connectivity index (χ4n) is 11.3. The van der Waals surface area contributed by atoms with Gasteiger partial charge in [0.25, 0.3) is 0 Å². The molecule has 3 spiro atoms. The van der Waals surface area contributed by atoms with Crippen molar-refractivity contribution in [2.24, 2.45) is 17.8 Å². The molecule has 0 aromatic heterocycles. The van der Waals surface area contributed by atoms with E-state index in [1.165, 1.54) is 6.92 Å². The van der Waals surface area contributed by atoms with Crippen molar-refractivity contribution < 1.29 is 63.5 Å². The van der Waals surface area contributed by atoms with Crippen molar-refractivity contribution >= 4 is 17.7 Å². The molecule has 0 aromatic rings. The molecule has 8 aliphatic heterocycles. The van der Waals surface area contributed by atoms with Gasteiger partial charge in [-0.25, -0.2) is 4.79 Å². The monoisotopic (exact) mass is 836 g/mol. The first-order valence-corrected chi connectivity index (χ1v) is 23.0. The van der Waals surface area contributed by atoms with Crippen LogP contribution in [0.2, 0.25) is 0 Å². The van der Waals surface area contributed by atoms with Gasteiger partial charge in [-0.2, -0.15) is 0 Å². The molecule has 8 saturated heterocycles. The van der Waals surface area contributed by atoms with Crippen molar-refractivity contribution in [1.29, 1.82) is 0 Å². The zero-order chi connectivity index (χ0) is 41.4. The van der Waals surface area contributed by atoms with E-state index < -0.39 is 71.7 Å². The molecule has 0 aliphatic carbocycles. The summed E-state index contributed by atoms with van der Waals surface area (Å²) in [6.45, 7) is 14.8. The number of aliphatic hydroxyl groups excluding tert-OH is 3. The molecule has 0 bridgehead atoms. The van der Waals surface area contributed by atoms with Crippen LogP contribution in [0.25, 0.3) is 0 Å². The molecule has 8 heterocycles. The maximum atomic E-state index is 11.7. The summed E-state index contributed by atoms with van der Waals surface area (Å²) < 4.78 is 45.6. The molecule has 8 rings (SSSR count). The Morgan fingerprint density at radius 3 is 2.50 bits per heavy atom. The highest BCUT2D eigenvalue weighted by Crippen LogP contribution is 2.67. The highest BCUT2D eigenvalue weighted by Gasteiger charge is 2.72. The SMILES string of the molecule is C=C1[C@@H](O)[C@@H]2O[C@]3(CC[C@H](/C=C/[C@@H](C)[C@@H]4C[C@@]5(C)S[C@@H]5[C@]5(O[C@H](C[C@@](C)(O)C(=O)O)CC[C@H]5O)O4)O3)CC[C@H]2O[C@H]1[C@H](O)C[C@H](C)[C@H]1O[C@@]2(CCCCO2)CC[C@H]1C. The lowest BCUT2D eigenvalue weighted by molar-refractivity contribution is -0.350. The predicted octanol–water partition coefficient (Wildman–Crippen LogP) is 5.14. The molecule has 0 saturated carbocycles. The molecule has 14 heteroatoms. The summed E-state index contributed by atoms with van der Waals surface area (Å²) in [6, 6.07) is 0. The lowest BCUT2D eigenvalue weighted by Gasteiger charge is -2.50.